The summed E-state index contributed by atoms with van der Waals surface area (Å²) >= 11 is 0. The van der Waals surface area contributed by atoms with Crippen molar-refractivity contribution in [3.05, 3.63) is 29.6 Å². The first-order valence-electron chi connectivity index (χ1n) is 5.06. The number of halogens is 4. The molecule has 2 rings (SSSR count). The lowest BCUT2D eigenvalue weighted by Crippen LogP contribution is -2.61. The number of nitrogens with one attached hydrogen (secondary N) is 1. The van der Waals surface area contributed by atoms with Crippen molar-refractivity contribution in [2.45, 2.75) is 18.7 Å². The molecule has 0 spiro atoms. The van der Waals surface area contributed by atoms with Crippen LogP contribution in [0.15, 0.2) is 18.2 Å². The van der Waals surface area contributed by atoms with Gasteiger partial charge in [0.2, 0.25) is 0 Å². The molecule has 0 aromatic heterocycles. The van der Waals surface area contributed by atoms with E-state index in [1.165, 1.54) is 0 Å². The second-order valence-electron chi connectivity index (χ2n) is 4.33. The predicted octanol–water partition coefficient (Wildman–Crippen LogP) is 2.59. The quantitative estimate of drug-likeness (QED) is 0.813. The molecule has 1 N–H and O–H groups in total. The number of alkyl halides is 3. The molecular weight excluding hydrogens is 238 g/mol. The second kappa shape index (κ2) is 3.87. The van der Waals surface area contributed by atoms with Crippen LogP contribution in [-0.4, -0.2) is 18.7 Å². The van der Waals surface area contributed by atoms with Gasteiger partial charge < -0.3 is 10.1 Å². The van der Waals surface area contributed by atoms with Crippen LogP contribution >= 0.6 is 0 Å². The summed E-state index contributed by atoms with van der Waals surface area (Å²) in [4.78, 5) is 0. The maximum absolute atomic E-state index is 13.1. The zero-order valence-corrected chi connectivity index (χ0v) is 9.07. The summed E-state index contributed by atoms with van der Waals surface area (Å²) < 4.78 is 55.7. The van der Waals surface area contributed by atoms with Crippen LogP contribution in [0.4, 0.5) is 17.6 Å². The smallest absolute Gasteiger partial charge is 0.416 e. The van der Waals surface area contributed by atoms with Gasteiger partial charge >= 0.3 is 6.18 Å². The molecule has 17 heavy (non-hydrogen) atoms. The molecule has 1 saturated heterocycles. The Morgan fingerprint density at radius 1 is 1.24 bits per heavy atom. The Bertz CT molecular complexity index is 426. The second-order valence-corrected chi connectivity index (χ2v) is 4.33. The van der Waals surface area contributed by atoms with Gasteiger partial charge in [-0.3, -0.25) is 0 Å². The highest BCUT2D eigenvalue weighted by atomic mass is 19.4. The molecule has 0 saturated carbocycles. The molecule has 1 fully saturated rings. The van der Waals surface area contributed by atoms with E-state index >= 15 is 0 Å². The fourth-order valence-corrected chi connectivity index (χ4v) is 1.62. The van der Waals surface area contributed by atoms with Crippen molar-refractivity contribution in [3.63, 3.8) is 0 Å². The lowest BCUT2D eigenvalue weighted by atomic mass is 10.00. The Labute approximate surface area is 95.6 Å². The summed E-state index contributed by atoms with van der Waals surface area (Å²) in [5.41, 5.74) is -1.60. The van der Waals surface area contributed by atoms with Crippen molar-refractivity contribution >= 4 is 0 Å². The third-order valence-corrected chi connectivity index (χ3v) is 2.56. The molecule has 1 aliphatic rings. The summed E-state index contributed by atoms with van der Waals surface area (Å²) in [6, 6.07) is 2.22. The molecule has 2 nitrogen and oxygen atoms in total. The molecular formula is C11H11F4NO. The molecule has 1 aromatic rings. The Morgan fingerprint density at radius 2 is 1.88 bits per heavy atom. The topological polar surface area (TPSA) is 21.3 Å². The zero-order valence-electron chi connectivity index (χ0n) is 9.07. The minimum absolute atomic E-state index is 0.0960. The monoisotopic (exact) mass is 249 g/mol. The van der Waals surface area contributed by atoms with Crippen LogP contribution in [-0.2, 0) is 6.18 Å². The van der Waals surface area contributed by atoms with E-state index in [4.69, 9.17) is 4.74 Å². The molecule has 0 bridgehead atoms. The van der Waals surface area contributed by atoms with E-state index in [1.807, 2.05) is 0 Å². The molecule has 1 aliphatic heterocycles. The molecule has 1 aromatic carbocycles. The number of benzene rings is 1. The van der Waals surface area contributed by atoms with Crippen LogP contribution in [0.1, 0.15) is 12.5 Å². The first-order chi connectivity index (χ1) is 7.78. The molecule has 0 amide bonds. The lowest BCUT2D eigenvalue weighted by Gasteiger charge is -2.39. The SMILES string of the molecule is CC1(Oc2cc(F)cc(C(F)(F)F)c2)CNC1. The molecule has 0 atom stereocenters. The van der Waals surface area contributed by atoms with Crippen LogP contribution in [0.3, 0.4) is 0 Å². The summed E-state index contributed by atoms with van der Waals surface area (Å²) in [5, 5.41) is 2.94. The first kappa shape index (κ1) is 12.2. The zero-order chi connectivity index (χ0) is 12.7. The Hall–Kier alpha value is -1.30. The summed E-state index contributed by atoms with van der Waals surface area (Å²) in [5.74, 6) is -1.05. The third kappa shape index (κ3) is 2.69. The van der Waals surface area contributed by atoms with Gasteiger partial charge in [-0.25, -0.2) is 4.39 Å². The van der Waals surface area contributed by atoms with Gasteiger partial charge in [0.1, 0.15) is 17.2 Å². The van der Waals surface area contributed by atoms with E-state index in [-0.39, 0.29) is 5.75 Å². The van der Waals surface area contributed by atoms with Crippen LogP contribution in [0, 0.1) is 5.82 Å². The largest absolute Gasteiger partial charge is 0.485 e. The van der Waals surface area contributed by atoms with Crippen LogP contribution in [0.2, 0.25) is 0 Å². The van der Waals surface area contributed by atoms with Crippen molar-refractivity contribution in [3.8, 4) is 5.75 Å². The maximum atomic E-state index is 13.1. The maximum Gasteiger partial charge on any atom is 0.416 e. The van der Waals surface area contributed by atoms with Gasteiger partial charge in [-0.15, -0.1) is 0 Å². The van der Waals surface area contributed by atoms with Crippen LogP contribution < -0.4 is 10.1 Å². The van der Waals surface area contributed by atoms with Crippen molar-refractivity contribution in [2.24, 2.45) is 0 Å². The highest BCUT2D eigenvalue weighted by Crippen LogP contribution is 2.33. The number of hydrogen-bond donors (Lipinski definition) is 1. The number of ether oxygens (including phenoxy) is 1. The van der Waals surface area contributed by atoms with Gasteiger partial charge in [-0.2, -0.15) is 13.2 Å². The lowest BCUT2D eigenvalue weighted by molar-refractivity contribution is -0.138. The normalized spacial score (nSPS) is 18.6. The van der Waals surface area contributed by atoms with Crippen molar-refractivity contribution in [2.75, 3.05) is 13.1 Å². The minimum atomic E-state index is -4.57. The number of hydrogen-bond acceptors (Lipinski definition) is 2. The highest BCUT2D eigenvalue weighted by molar-refractivity contribution is 5.32. The molecule has 6 heteroatoms. The van der Waals surface area contributed by atoms with Crippen LogP contribution in [0.25, 0.3) is 0 Å². The fraction of sp³-hybridized carbons (Fsp3) is 0.455. The fourth-order valence-electron chi connectivity index (χ4n) is 1.62. The molecule has 0 aliphatic carbocycles. The minimum Gasteiger partial charge on any atom is -0.485 e. The van der Waals surface area contributed by atoms with Gasteiger partial charge in [0.05, 0.1) is 5.56 Å². The van der Waals surface area contributed by atoms with E-state index in [0.29, 0.717) is 19.2 Å². The molecule has 0 unspecified atom stereocenters. The van der Waals surface area contributed by atoms with E-state index in [1.54, 1.807) is 6.92 Å². The van der Waals surface area contributed by atoms with E-state index in [9.17, 15) is 17.6 Å². The Morgan fingerprint density at radius 3 is 2.35 bits per heavy atom. The molecule has 0 radical (unpaired) electrons. The Kier molecular flexibility index (Phi) is 2.77. The van der Waals surface area contributed by atoms with E-state index < -0.39 is 23.2 Å². The van der Waals surface area contributed by atoms with Gasteiger partial charge in [-0.1, -0.05) is 0 Å². The van der Waals surface area contributed by atoms with Gasteiger partial charge in [-0.05, 0) is 19.1 Å². The van der Waals surface area contributed by atoms with E-state index in [0.717, 1.165) is 12.1 Å². The standard InChI is InChI=1S/C11H11F4NO/c1-10(5-16-6-10)17-9-3-7(11(13,14)15)2-8(12)4-9/h2-4,16H,5-6H2,1H3. The average molecular weight is 249 g/mol. The summed E-state index contributed by atoms with van der Waals surface area (Å²) in [7, 11) is 0. The highest BCUT2D eigenvalue weighted by Gasteiger charge is 2.36. The van der Waals surface area contributed by atoms with Gasteiger partial charge in [0.25, 0.3) is 0 Å². The predicted molar refractivity (Wildman–Crippen MR) is 53.3 cm³/mol. The van der Waals surface area contributed by atoms with Crippen molar-refractivity contribution < 1.29 is 22.3 Å². The first-order valence-corrected chi connectivity index (χ1v) is 5.06. The van der Waals surface area contributed by atoms with Crippen molar-refractivity contribution in [1.29, 1.82) is 0 Å². The van der Waals surface area contributed by atoms with Gasteiger partial charge in [0, 0.05) is 19.2 Å². The summed E-state index contributed by atoms with van der Waals surface area (Å²) in [6.45, 7) is 2.82. The van der Waals surface area contributed by atoms with Crippen molar-refractivity contribution in [1.82, 2.24) is 5.32 Å². The van der Waals surface area contributed by atoms with E-state index in [2.05, 4.69) is 5.32 Å². The Balaban J connectivity index is 2.25. The van der Waals surface area contributed by atoms with Crippen LogP contribution in [0.5, 0.6) is 5.75 Å². The summed E-state index contributed by atoms with van der Waals surface area (Å²) in [6.07, 6.45) is -4.57. The van der Waals surface area contributed by atoms with Gasteiger partial charge in [0.15, 0.2) is 0 Å². The molecule has 1 heterocycles. The number of rotatable bonds is 2. The average Bonchev–Trinajstić information content (AvgIpc) is 2.13. The molecule has 94 valence electrons. The third-order valence-electron chi connectivity index (χ3n) is 2.56.